The monoisotopic (exact) mass is 277 g/mol. The maximum absolute atomic E-state index is 9.89. The summed E-state index contributed by atoms with van der Waals surface area (Å²) in [6.45, 7) is 1.69. The van der Waals surface area contributed by atoms with Gasteiger partial charge in [0.2, 0.25) is 0 Å². The average Bonchev–Trinajstić information content (AvgIpc) is 2.53. The van der Waals surface area contributed by atoms with E-state index in [2.05, 4.69) is 12.1 Å². The van der Waals surface area contributed by atoms with Crippen LogP contribution < -0.4 is 4.90 Å². The van der Waals surface area contributed by atoms with Gasteiger partial charge in [0.15, 0.2) is 0 Å². The van der Waals surface area contributed by atoms with Crippen molar-refractivity contribution in [2.24, 2.45) is 0 Å². The number of aliphatic hydroxyl groups excluding tert-OH is 1. The Kier molecular flexibility index (Phi) is 4.23. The van der Waals surface area contributed by atoms with Crippen molar-refractivity contribution in [3.8, 4) is 12.1 Å². The van der Waals surface area contributed by atoms with Crippen molar-refractivity contribution in [2.75, 3.05) is 11.9 Å². The maximum Gasteiger partial charge on any atom is 0.0992 e. The summed E-state index contributed by atoms with van der Waals surface area (Å²) in [7, 11) is 1.86. The van der Waals surface area contributed by atoms with E-state index >= 15 is 0 Å². The van der Waals surface area contributed by atoms with Crippen molar-refractivity contribution >= 4 is 11.4 Å². The molecule has 0 fully saturated rings. The van der Waals surface area contributed by atoms with E-state index in [0.29, 0.717) is 11.1 Å². The van der Waals surface area contributed by atoms with Crippen molar-refractivity contribution in [3.63, 3.8) is 0 Å². The molecule has 0 saturated heterocycles. The average molecular weight is 277 g/mol. The van der Waals surface area contributed by atoms with Crippen LogP contribution in [0.1, 0.15) is 29.7 Å². The molecule has 0 aliphatic heterocycles. The Labute approximate surface area is 124 Å². The molecule has 0 radical (unpaired) electrons. The van der Waals surface area contributed by atoms with E-state index < -0.39 is 6.10 Å². The molecule has 0 aliphatic carbocycles. The van der Waals surface area contributed by atoms with E-state index in [1.54, 1.807) is 37.3 Å². The summed E-state index contributed by atoms with van der Waals surface area (Å²) in [5.74, 6) is 0. The Morgan fingerprint density at radius 3 is 2.10 bits per heavy atom. The number of hydrogen-bond donors (Lipinski definition) is 1. The maximum atomic E-state index is 9.89. The first kappa shape index (κ1) is 14.6. The van der Waals surface area contributed by atoms with Gasteiger partial charge in [-0.1, -0.05) is 6.07 Å². The van der Waals surface area contributed by atoms with Gasteiger partial charge >= 0.3 is 0 Å². The molecule has 104 valence electrons. The predicted octanol–water partition coefficient (Wildman–Crippen LogP) is 3.25. The van der Waals surface area contributed by atoms with Crippen LogP contribution in [0.25, 0.3) is 0 Å². The van der Waals surface area contributed by atoms with Crippen molar-refractivity contribution in [1.82, 2.24) is 0 Å². The Hall–Kier alpha value is -2.82. The van der Waals surface area contributed by atoms with Crippen LogP contribution in [0.4, 0.5) is 11.4 Å². The Morgan fingerprint density at radius 1 is 1.00 bits per heavy atom. The Bertz CT molecular complexity index is 721. The largest absolute Gasteiger partial charge is 0.389 e. The smallest absolute Gasteiger partial charge is 0.0992 e. The lowest BCUT2D eigenvalue weighted by Gasteiger charge is -2.24. The van der Waals surface area contributed by atoms with Crippen molar-refractivity contribution < 1.29 is 5.11 Å². The SMILES string of the molecule is CC(O)c1ccc(C#N)cc1N(C)c1ccc(C#N)cc1. The Balaban J connectivity index is 2.48. The summed E-state index contributed by atoms with van der Waals surface area (Å²) >= 11 is 0. The summed E-state index contributed by atoms with van der Waals surface area (Å²) in [6, 6.07) is 16.5. The number of nitriles is 2. The summed E-state index contributed by atoms with van der Waals surface area (Å²) in [4.78, 5) is 1.89. The molecule has 21 heavy (non-hydrogen) atoms. The molecule has 0 saturated carbocycles. The van der Waals surface area contributed by atoms with Crippen LogP contribution in [-0.2, 0) is 0 Å². The molecule has 0 aromatic heterocycles. The third kappa shape index (κ3) is 3.02. The van der Waals surface area contributed by atoms with Gasteiger partial charge in [0.05, 0.1) is 29.4 Å². The van der Waals surface area contributed by atoms with Crippen LogP contribution in [0.5, 0.6) is 0 Å². The predicted molar refractivity (Wildman–Crippen MR) is 81.0 cm³/mol. The highest BCUT2D eigenvalue weighted by molar-refractivity contribution is 5.68. The molecule has 0 bridgehead atoms. The van der Waals surface area contributed by atoms with Gasteiger partial charge in [0.1, 0.15) is 0 Å². The fraction of sp³-hybridized carbons (Fsp3) is 0.176. The minimum absolute atomic E-state index is 0.537. The molecule has 2 aromatic carbocycles. The summed E-state index contributed by atoms with van der Waals surface area (Å²) in [5, 5.41) is 27.8. The molecular weight excluding hydrogens is 262 g/mol. The Morgan fingerprint density at radius 2 is 1.57 bits per heavy atom. The van der Waals surface area contributed by atoms with Gasteiger partial charge in [0.25, 0.3) is 0 Å². The van der Waals surface area contributed by atoms with E-state index in [9.17, 15) is 5.11 Å². The van der Waals surface area contributed by atoms with Gasteiger partial charge in [-0.25, -0.2) is 0 Å². The molecule has 0 spiro atoms. The number of hydrogen-bond acceptors (Lipinski definition) is 4. The highest BCUT2D eigenvalue weighted by atomic mass is 16.3. The molecular formula is C17H15N3O. The first-order chi connectivity index (χ1) is 10.1. The zero-order valence-electron chi connectivity index (χ0n) is 11.9. The van der Waals surface area contributed by atoms with Gasteiger partial charge in [0, 0.05) is 24.0 Å². The highest BCUT2D eigenvalue weighted by Crippen LogP contribution is 2.31. The molecule has 2 rings (SSSR count). The van der Waals surface area contributed by atoms with Crippen molar-refractivity contribution in [1.29, 1.82) is 10.5 Å². The second kappa shape index (κ2) is 6.09. The number of rotatable bonds is 3. The van der Waals surface area contributed by atoms with Crippen LogP contribution in [0.3, 0.4) is 0 Å². The molecule has 0 aliphatic rings. The lowest BCUT2D eigenvalue weighted by Crippen LogP contribution is -2.13. The highest BCUT2D eigenvalue weighted by Gasteiger charge is 2.14. The van der Waals surface area contributed by atoms with Crippen LogP contribution in [0.2, 0.25) is 0 Å². The van der Waals surface area contributed by atoms with Gasteiger partial charge in [-0.15, -0.1) is 0 Å². The molecule has 2 aromatic rings. The second-order valence-corrected chi connectivity index (χ2v) is 4.78. The van der Waals surface area contributed by atoms with Crippen LogP contribution >= 0.6 is 0 Å². The second-order valence-electron chi connectivity index (χ2n) is 4.78. The number of benzene rings is 2. The third-order valence-corrected chi connectivity index (χ3v) is 3.35. The number of anilines is 2. The lowest BCUT2D eigenvalue weighted by molar-refractivity contribution is 0.200. The zero-order chi connectivity index (χ0) is 15.4. The third-order valence-electron chi connectivity index (χ3n) is 3.35. The van der Waals surface area contributed by atoms with Gasteiger partial charge in [-0.2, -0.15) is 10.5 Å². The van der Waals surface area contributed by atoms with E-state index in [4.69, 9.17) is 10.5 Å². The fourth-order valence-corrected chi connectivity index (χ4v) is 2.16. The van der Waals surface area contributed by atoms with Crippen LogP contribution in [0.15, 0.2) is 42.5 Å². The van der Waals surface area contributed by atoms with Gasteiger partial charge in [-0.05, 0) is 43.3 Å². The van der Waals surface area contributed by atoms with E-state index in [0.717, 1.165) is 16.9 Å². The summed E-state index contributed by atoms with van der Waals surface area (Å²) in [5.41, 5.74) is 3.53. The standard InChI is InChI=1S/C17H15N3O/c1-12(21)16-8-5-14(11-19)9-17(16)20(2)15-6-3-13(10-18)4-7-15/h3-9,12,21H,1-2H3. The number of nitrogens with zero attached hydrogens (tertiary/aromatic N) is 3. The molecule has 4 heteroatoms. The minimum Gasteiger partial charge on any atom is -0.389 e. The fourth-order valence-electron chi connectivity index (χ4n) is 2.16. The van der Waals surface area contributed by atoms with E-state index in [1.807, 2.05) is 24.1 Å². The molecule has 1 atom stereocenters. The van der Waals surface area contributed by atoms with Crippen LogP contribution in [-0.4, -0.2) is 12.2 Å². The number of aliphatic hydroxyl groups is 1. The van der Waals surface area contributed by atoms with Crippen molar-refractivity contribution in [3.05, 3.63) is 59.2 Å². The summed E-state index contributed by atoms with van der Waals surface area (Å²) < 4.78 is 0. The molecule has 4 nitrogen and oxygen atoms in total. The molecule has 0 heterocycles. The molecule has 1 unspecified atom stereocenters. The van der Waals surface area contributed by atoms with E-state index in [-0.39, 0.29) is 0 Å². The zero-order valence-corrected chi connectivity index (χ0v) is 11.9. The topological polar surface area (TPSA) is 71.0 Å². The van der Waals surface area contributed by atoms with Gasteiger partial charge < -0.3 is 10.0 Å². The van der Waals surface area contributed by atoms with E-state index in [1.165, 1.54) is 0 Å². The molecule has 0 amide bonds. The summed E-state index contributed by atoms with van der Waals surface area (Å²) in [6.07, 6.45) is -0.631. The first-order valence-corrected chi connectivity index (χ1v) is 6.53. The minimum atomic E-state index is -0.631. The quantitative estimate of drug-likeness (QED) is 0.934. The van der Waals surface area contributed by atoms with Crippen molar-refractivity contribution in [2.45, 2.75) is 13.0 Å². The molecule has 1 N–H and O–H groups in total. The van der Waals surface area contributed by atoms with Gasteiger partial charge in [-0.3, -0.25) is 0 Å². The van der Waals surface area contributed by atoms with Crippen LogP contribution in [0, 0.1) is 22.7 Å². The first-order valence-electron chi connectivity index (χ1n) is 6.53. The normalized spacial score (nSPS) is 11.3. The lowest BCUT2D eigenvalue weighted by atomic mass is 10.0.